The van der Waals surface area contributed by atoms with Crippen molar-refractivity contribution in [2.45, 2.75) is 59.5 Å². The number of aliphatic hydroxyl groups excluding tert-OH is 1. The van der Waals surface area contributed by atoms with Crippen LogP contribution in [0.15, 0.2) is 119 Å². The fourth-order valence-electron chi connectivity index (χ4n) is 7.09. The van der Waals surface area contributed by atoms with Crippen molar-refractivity contribution in [1.29, 1.82) is 0 Å². The molecule has 0 aromatic heterocycles. The number of carboxylic acids is 1. The Labute approximate surface area is 261 Å². The fraction of sp³-hybridized carbons (Fsp3) is 0.343. The van der Waals surface area contributed by atoms with E-state index in [0.717, 1.165) is 58.6 Å². The zero-order valence-corrected chi connectivity index (χ0v) is 26.2. The first-order valence-corrected chi connectivity index (χ1v) is 15.0. The summed E-state index contributed by atoms with van der Waals surface area (Å²) in [5.41, 5.74) is 6.98. The average molecular weight is 609 g/mol. The molecule has 4 N–H and O–H groups in total. The molecule has 0 spiro atoms. The number of nitrogens with one attached hydrogen (secondary N) is 1. The van der Waals surface area contributed by atoms with E-state index in [0.29, 0.717) is 22.7 Å². The molecule has 3 atom stereocenters. The molecule has 232 valence electrons. The second-order valence-electron chi connectivity index (χ2n) is 12.0. The van der Waals surface area contributed by atoms with Gasteiger partial charge in [-0.3, -0.25) is 4.79 Å². The number of carboxylic acid groups (broad SMARTS) is 1. The summed E-state index contributed by atoms with van der Waals surface area (Å²) in [6.07, 6.45) is 8.29. The average Bonchev–Trinajstić information content (AvgIpc) is 3.72. The number of hydrogen-bond donors (Lipinski definition) is 4. The first kappa shape index (κ1) is 30.2. The van der Waals surface area contributed by atoms with Gasteiger partial charge in [0.1, 0.15) is 0 Å². The molecular weight excluding hydrogens is 572 g/mol. The van der Waals surface area contributed by atoms with Crippen molar-refractivity contribution in [1.82, 2.24) is 5.32 Å². The molecule has 5 aliphatic heterocycles. The van der Waals surface area contributed by atoms with E-state index in [4.69, 9.17) is 19.7 Å². The lowest BCUT2D eigenvalue weighted by Crippen LogP contribution is -2.44. The monoisotopic (exact) mass is 608 g/mol. The van der Waals surface area contributed by atoms with Crippen molar-refractivity contribution in [3.05, 3.63) is 104 Å². The number of ether oxygens (including phenoxy) is 1. The van der Waals surface area contributed by atoms with Crippen molar-refractivity contribution in [3.8, 4) is 0 Å². The van der Waals surface area contributed by atoms with Crippen LogP contribution in [0.4, 0.5) is 0 Å². The second kappa shape index (κ2) is 10.7. The molecule has 1 fully saturated rings. The maximum absolute atomic E-state index is 13.3. The molecule has 6 aliphatic rings. The van der Waals surface area contributed by atoms with Crippen molar-refractivity contribution < 1.29 is 29.6 Å². The van der Waals surface area contributed by atoms with E-state index in [2.05, 4.69) is 18.8 Å². The van der Waals surface area contributed by atoms with E-state index in [-0.39, 0.29) is 35.6 Å². The number of esters is 1. The Morgan fingerprint density at radius 1 is 1.07 bits per heavy atom. The molecule has 10 heteroatoms. The first-order valence-electron chi connectivity index (χ1n) is 15.0. The van der Waals surface area contributed by atoms with Crippen LogP contribution in [0.3, 0.4) is 0 Å². The minimum Gasteiger partial charge on any atom is -0.507 e. The molecule has 0 amide bonds. The highest BCUT2D eigenvalue weighted by Gasteiger charge is 2.59. The Balaban J connectivity index is 1.70. The highest BCUT2D eigenvalue weighted by atomic mass is 16.5. The third-order valence-electron chi connectivity index (χ3n) is 9.66. The summed E-state index contributed by atoms with van der Waals surface area (Å²) in [5.74, 6) is -3.35. The van der Waals surface area contributed by atoms with Crippen molar-refractivity contribution in [2.24, 2.45) is 26.8 Å². The van der Waals surface area contributed by atoms with Crippen molar-refractivity contribution in [2.75, 3.05) is 7.11 Å². The number of aliphatic hydroxyl groups is 2. The first-order chi connectivity index (χ1) is 21.4. The van der Waals surface area contributed by atoms with E-state index in [9.17, 15) is 24.9 Å². The molecule has 0 unspecified atom stereocenters. The molecule has 0 saturated carbocycles. The Morgan fingerprint density at radius 3 is 2.40 bits per heavy atom. The fourth-order valence-corrected chi connectivity index (χ4v) is 7.09. The van der Waals surface area contributed by atoms with Crippen LogP contribution in [0.1, 0.15) is 53.9 Å². The zero-order valence-electron chi connectivity index (χ0n) is 26.2. The van der Waals surface area contributed by atoms with Gasteiger partial charge >= 0.3 is 11.9 Å². The second-order valence-corrected chi connectivity index (χ2v) is 12.0. The minimum atomic E-state index is -2.55. The van der Waals surface area contributed by atoms with Gasteiger partial charge in [-0.2, -0.15) is 0 Å². The van der Waals surface area contributed by atoms with E-state index in [1.54, 1.807) is 13.0 Å². The third-order valence-corrected chi connectivity index (χ3v) is 9.66. The van der Waals surface area contributed by atoms with Gasteiger partial charge in [0, 0.05) is 46.4 Å². The number of nitrogens with zero attached hydrogens (tertiary/aromatic N) is 3. The minimum absolute atomic E-state index is 0.0540. The quantitative estimate of drug-likeness (QED) is 0.302. The van der Waals surface area contributed by atoms with Crippen LogP contribution in [0.25, 0.3) is 0 Å². The Morgan fingerprint density at radius 2 is 1.76 bits per heavy atom. The molecule has 0 radical (unpaired) electrons. The Bertz CT molecular complexity index is 1870. The number of carbonyl (C=O) groups excluding carboxylic acids is 1. The molecule has 1 saturated heterocycles. The summed E-state index contributed by atoms with van der Waals surface area (Å²) in [5, 5.41) is 36.7. The molecule has 45 heavy (non-hydrogen) atoms. The van der Waals surface area contributed by atoms with Gasteiger partial charge in [-0.1, -0.05) is 26.5 Å². The van der Waals surface area contributed by atoms with Crippen molar-refractivity contribution >= 4 is 29.1 Å². The summed E-state index contributed by atoms with van der Waals surface area (Å²) < 4.78 is 5.02. The largest absolute Gasteiger partial charge is 0.507 e. The molecule has 0 aromatic carbocycles. The van der Waals surface area contributed by atoms with Gasteiger partial charge in [0.2, 0.25) is 5.60 Å². The Kier molecular flexibility index (Phi) is 7.16. The van der Waals surface area contributed by atoms with Crippen LogP contribution in [-0.4, -0.2) is 57.1 Å². The van der Waals surface area contributed by atoms with Crippen LogP contribution in [-0.2, 0) is 14.3 Å². The topological polar surface area (TPSA) is 153 Å². The summed E-state index contributed by atoms with van der Waals surface area (Å²) in [6.45, 7) is 13.8. The third kappa shape index (κ3) is 4.30. The number of allylic oxidation sites excluding steroid dienone is 11. The maximum atomic E-state index is 13.3. The number of hydrogen-bond acceptors (Lipinski definition) is 9. The number of fused-ring (bicyclic) bond motifs is 5. The van der Waals surface area contributed by atoms with Crippen LogP contribution in [0, 0.1) is 11.8 Å². The molecular formula is C35H36N4O6. The van der Waals surface area contributed by atoms with E-state index >= 15 is 0 Å². The standard InChI is InChI=1S/C35H36N4O6/c1-8-19-15(3)22-12-24-17(5)21(10-11-28(40)41)31(38-24)30-32-29(33(42)35(30,44)34(43)45-7)18(6)25(39-32)14-27-20(9-2)16(4)23(37-27)13-26(19)36-22/h8,12-14,17,21,38,42,44H,1,9-11H2,2-7H3,(H,40,41)/t17-,21-,35+/m0/s1. The van der Waals surface area contributed by atoms with Crippen LogP contribution < -0.4 is 5.32 Å². The number of aliphatic imine (C=N–C) groups is 3. The van der Waals surface area contributed by atoms with E-state index in [1.807, 2.05) is 39.0 Å². The van der Waals surface area contributed by atoms with E-state index in [1.165, 1.54) is 0 Å². The SMILES string of the molecule is C=CC1=C(C)C2=NC1=CC1=NC(=CC3=C(C)C4=C(O)[C@@](O)(C(=O)OC)C(=C5NC(=C2)[C@@H](C)[C@@H]5CCC(=O)O)C4=N3)C(CC)=C1C. The van der Waals surface area contributed by atoms with Gasteiger partial charge in [-0.25, -0.2) is 19.8 Å². The van der Waals surface area contributed by atoms with Gasteiger partial charge in [-0.15, -0.1) is 0 Å². The molecule has 0 aromatic rings. The van der Waals surface area contributed by atoms with E-state index < -0.39 is 29.2 Å². The Hall–Kier alpha value is -4.83. The number of methoxy groups -OCH3 is 1. The molecule has 8 bridgehead atoms. The van der Waals surface area contributed by atoms with Crippen molar-refractivity contribution in [3.63, 3.8) is 0 Å². The van der Waals surface area contributed by atoms with Gasteiger partial charge in [0.05, 0.1) is 41.3 Å². The summed E-state index contributed by atoms with van der Waals surface area (Å²) >= 11 is 0. The molecule has 5 heterocycles. The predicted molar refractivity (Wildman–Crippen MR) is 171 cm³/mol. The van der Waals surface area contributed by atoms with Gasteiger partial charge in [0.25, 0.3) is 0 Å². The summed E-state index contributed by atoms with van der Waals surface area (Å²) in [6, 6.07) is 0. The van der Waals surface area contributed by atoms with Crippen LogP contribution in [0.2, 0.25) is 0 Å². The number of rotatable bonds is 6. The highest BCUT2D eigenvalue weighted by Crippen LogP contribution is 2.50. The predicted octanol–water partition coefficient (Wildman–Crippen LogP) is 5.22. The summed E-state index contributed by atoms with van der Waals surface area (Å²) in [7, 11) is 1.14. The van der Waals surface area contributed by atoms with Gasteiger partial charge in [-0.05, 0) is 74.1 Å². The van der Waals surface area contributed by atoms with Crippen LogP contribution in [0.5, 0.6) is 0 Å². The molecule has 6 rings (SSSR count). The summed E-state index contributed by atoms with van der Waals surface area (Å²) in [4.78, 5) is 39.9. The number of carbonyl (C=O) groups is 2. The van der Waals surface area contributed by atoms with Gasteiger partial charge in [0.15, 0.2) is 5.76 Å². The maximum Gasteiger partial charge on any atom is 0.350 e. The zero-order chi connectivity index (χ0) is 32.5. The lowest BCUT2D eigenvalue weighted by molar-refractivity contribution is -0.156. The lowest BCUT2D eigenvalue weighted by Gasteiger charge is -2.26. The number of aliphatic carboxylic acids is 1. The molecule has 10 nitrogen and oxygen atoms in total. The molecule has 1 aliphatic carbocycles. The smallest absolute Gasteiger partial charge is 0.350 e. The highest BCUT2D eigenvalue weighted by molar-refractivity contribution is 6.26. The normalized spacial score (nSPS) is 27.0. The van der Waals surface area contributed by atoms with Crippen LogP contribution >= 0.6 is 0 Å². The lowest BCUT2D eigenvalue weighted by atomic mass is 9.83. The van der Waals surface area contributed by atoms with Gasteiger partial charge < -0.3 is 25.4 Å².